The number of ether oxygens (including phenoxy) is 1. The summed E-state index contributed by atoms with van der Waals surface area (Å²) in [5, 5.41) is 6.37. The molecule has 2 N–H and O–H groups in total. The van der Waals surface area contributed by atoms with Crippen LogP contribution in [-0.4, -0.2) is 25.6 Å². The highest BCUT2D eigenvalue weighted by Crippen LogP contribution is 2.28. The van der Waals surface area contributed by atoms with Crippen molar-refractivity contribution < 1.29 is 9.53 Å². The van der Waals surface area contributed by atoms with Crippen LogP contribution in [0.2, 0.25) is 0 Å². The molecule has 1 saturated carbocycles. The maximum absolute atomic E-state index is 11.8. The van der Waals surface area contributed by atoms with E-state index in [0.717, 1.165) is 30.8 Å². The number of para-hydroxylation sites is 1. The third-order valence-electron chi connectivity index (χ3n) is 3.80. The van der Waals surface area contributed by atoms with Crippen molar-refractivity contribution >= 4 is 5.91 Å². The molecule has 21 heavy (non-hydrogen) atoms. The summed E-state index contributed by atoms with van der Waals surface area (Å²) in [7, 11) is 0. The van der Waals surface area contributed by atoms with Gasteiger partial charge in [0, 0.05) is 18.2 Å². The number of hydrogen-bond acceptors (Lipinski definition) is 3. The first-order valence-corrected chi connectivity index (χ1v) is 7.96. The first-order chi connectivity index (χ1) is 10.2. The molecule has 0 bridgehead atoms. The topological polar surface area (TPSA) is 50.4 Å². The van der Waals surface area contributed by atoms with Gasteiger partial charge in [-0.25, -0.2) is 0 Å². The van der Waals surface area contributed by atoms with E-state index in [1.54, 1.807) is 0 Å². The number of amides is 1. The number of nitrogens with one attached hydrogen (secondary N) is 2. The predicted molar refractivity (Wildman–Crippen MR) is 84.4 cm³/mol. The van der Waals surface area contributed by atoms with Crippen LogP contribution in [0.5, 0.6) is 5.75 Å². The van der Waals surface area contributed by atoms with E-state index in [2.05, 4.69) is 30.5 Å². The molecule has 1 aromatic carbocycles. The lowest BCUT2D eigenvalue weighted by molar-refractivity contribution is -0.123. The first-order valence-electron chi connectivity index (χ1n) is 7.96. The molecular formula is C17H26N2O2. The van der Waals surface area contributed by atoms with E-state index in [9.17, 15) is 4.79 Å². The molecule has 0 spiro atoms. The SMILES string of the molecule is CCNC(CC)c1ccccc1OCC(=O)NCC1CC1. The van der Waals surface area contributed by atoms with Gasteiger partial charge < -0.3 is 15.4 Å². The zero-order valence-electron chi connectivity index (χ0n) is 13.0. The minimum atomic E-state index is -0.0341. The zero-order valence-corrected chi connectivity index (χ0v) is 13.0. The number of rotatable bonds is 9. The summed E-state index contributed by atoms with van der Waals surface area (Å²) in [5.41, 5.74) is 1.12. The fourth-order valence-electron chi connectivity index (χ4n) is 2.39. The lowest BCUT2D eigenvalue weighted by Crippen LogP contribution is -2.31. The molecule has 4 nitrogen and oxygen atoms in total. The molecule has 0 radical (unpaired) electrons. The van der Waals surface area contributed by atoms with Crippen LogP contribution in [-0.2, 0) is 4.79 Å². The fraction of sp³-hybridized carbons (Fsp3) is 0.588. The number of benzene rings is 1. The minimum Gasteiger partial charge on any atom is -0.483 e. The van der Waals surface area contributed by atoms with E-state index < -0.39 is 0 Å². The highest BCUT2D eigenvalue weighted by atomic mass is 16.5. The van der Waals surface area contributed by atoms with Gasteiger partial charge in [0.25, 0.3) is 5.91 Å². The Labute approximate surface area is 127 Å². The van der Waals surface area contributed by atoms with Crippen LogP contribution >= 0.6 is 0 Å². The molecule has 0 aromatic heterocycles. The molecular weight excluding hydrogens is 264 g/mol. The fourth-order valence-corrected chi connectivity index (χ4v) is 2.39. The summed E-state index contributed by atoms with van der Waals surface area (Å²) in [6.07, 6.45) is 3.47. The first kappa shape index (κ1) is 15.8. The molecule has 1 unspecified atom stereocenters. The van der Waals surface area contributed by atoms with Gasteiger partial charge in [0.2, 0.25) is 0 Å². The Morgan fingerprint density at radius 3 is 2.76 bits per heavy atom. The van der Waals surface area contributed by atoms with E-state index in [0.29, 0.717) is 5.92 Å². The zero-order chi connectivity index (χ0) is 15.1. The van der Waals surface area contributed by atoms with Gasteiger partial charge in [0.05, 0.1) is 0 Å². The molecule has 1 aliphatic carbocycles. The van der Waals surface area contributed by atoms with Crippen molar-refractivity contribution in [2.24, 2.45) is 5.92 Å². The smallest absolute Gasteiger partial charge is 0.257 e. The van der Waals surface area contributed by atoms with Gasteiger partial charge in [0.1, 0.15) is 5.75 Å². The highest BCUT2D eigenvalue weighted by molar-refractivity contribution is 5.77. The Kier molecular flexibility index (Phi) is 6.05. The van der Waals surface area contributed by atoms with Gasteiger partial charge in [-0.05, 0) is 37.8 Å². The van der Waals surface area contributed by atoms with Crippen molar-refractivity contribution in [3.63, 3.8) is 0 Å². The van der Waals surface area contributed by atoms with Crippen LogP contribution in [0.25, 0.3) is 0 Å². The second-order valence-electron chi connectivity index (χ2n) is 5.59. The van der Waals surface area contributed by atoms with Crippen LogP contribution in [0.15, 0.2) is 24.3 Å². The van der Waals surface area contributed by atoms with Crippen molar-refractivity contribution in [1.82, 2.24) is 10.6 Å². The highest BCUT2D eigenvalue weighted by Gasteiger charge is 2.21. The van der Waals surface area contributed by atoms with Gasteiger partial charge in [0.15, 0.2) is 6.61 Å². The van der Waals surface area contributed by atoms with Crippen LogP contribution in [0.3, 0.4) is 0 Å². The van der Waals surface area contributed by atoms with Crippen LogP contribution in [0.4, 0.5) is 0 Å². The third-order valence-corrected chi connectivity index (χ3v) is 3.80. The summed E-state index contributed by atoms with van der Waals surface area (Å²) in [4.78, 5) is 11.8. The monoisotopic (exact) mass is 290 g/mol. The summed E-state index contributed by atoms with van der Waals surface area (Å²) in [6.45, 7) is 6.03. The Hall–Kier alpha value is -1.55. The van der Waals surface area contributed by atoms with Crippen LogP contribution < -0.4 is 15.4 Å². The van der Waals surface area contributed by atoms with Crippen LogP contribution in [0, 0.1) is 5.92 Å². The van der Waals surface area contributed by atoms with Crippen molar-refractivity contribution in [3.05, 3.63) is 29.8 Å². The number of carbonyl (C=O) groups is 1. The normalized spacial score (nSPS) is 15.5. The minimum absolute atomic E-state index is 0.0341. The molecule has 116 valence electrons. The summed E-state index contributed by atoms with van der Waals surface area (Å²) in [6, 6.07) is 8.22. The number of carbonyl (C=O) groups excluding carboxylic acids is 1. The molecule has 1 aliphatic rings. The van der Waals surface area contributed by atoms with Gasteiger partial charge in [-0.2, -0.15) is 0 Å². The Morgan fingerprint density at radius 1 is 1.33 bits per heavy atom. The molecule has 0 heterocycles. The van der Waals surface area contributed by atoms with Crippen molar-refractivity contribution in [2.75, 3.05) is 19.7 Å². The van der Waals surface area contributed by atoms with E-state index in [1.807, 2.05) is 18.2 Å². The Morgan fingerprint density at radius 2 is 2.10 bits per heavy atom. The predicted octanol–water partition coefficient (Wildman–Crippen LogP) is 2.65. The molecule has 1 amide bonds. The molecule has 2 rings (SSSR count). The molecule has 1 aromatic rings. The van der Waals surface area contributed by atoms with Gasteiger partial charge in [-0.1, -0.05) is 32.0 Å². The van der Waals surface area contributed by atoms with E-state index >= 15 is 0 Å². The molecule has 0 saturated heterocycles. The molecule has 4 heteroatoms. The second kappa shape index (κ2) is 8.03. The average Bonchev–Trinajstić information content (AvgIpc) is 3.33. The lowest BCUT2D eigenvalue weighted by Gasteiger charge is -2.20. The summed E-state index contributed by atoms with van der Waals surface area (Å²) in [5.74, 6) is 1.46. The van der Waals surface area contributed by atoms with Gasteiger partial charge in [-0.15, -0.1) is 0 Å². The van der Waals surface area contributed by atoms with Gasteiger partial charge >= 0.3 is 0 Å². The largest absolute Gasteiger partial charge is 0.483 e. The van der Waals surface area contributed by atoms with Crippen LogP contribution in [0.1, 0.15) is 44.7 Å². The molecule has 1 atom stereocenters. The Balaban J connectivity index is 1.90. The average molecular weight is 290 g/mol. The second-order valence-corrected chi connectivity index (χ2v) is 5.59. The standard InChI is InChI=1S/C17H26N2O2/c1-3-15(18-4-2)14-7-5-6-8-16(14)21-12-17(20)19-11-13-9-10-13/h5-8,13,15,18H,3-4,9-12H2,1-2H3,(H,19,20). The quantitative estimate of drug-likeness (QED) is 0.735. The van der Waals surface area contributed by atoms with Crippen molar-refractivity contribution in [1.29, 1.82) is 0 Å². The maximum atomic E-state index is 11.8. The van der Waals surface area contributed by atoms with Crippen molar-refractivity contribution in [2.45, 2.75) is 39.2 Å². The molecule has 0 aliphatic heterocycles. The molecule has 1 fully saturated rings. The summed E-state index contributed by atoms with van der Waals surface area (Å²) >= 11 is 0. The maximum Gasteiger partial charge on any atom is 0.257 e. The third kappa shape index (κ3) is 5.05. The van der Waals surface area contributed by atoms with Gasteiger partial charge in [-0.3, -0.25) is 4.79 Å². The summed E-state index contributed by atoms with van der Waals surface area (Å²) < 4.78 is 5.73. The lowest BCUT2D eigenvalue weighted by atomic mass is 10.0. The van der Waals surface area contributed by atoms with Crippen molar-refractivity contribution in [3.8, 4) is 5.75 Å². The Bertz CT molecular complexity index is 458. The van der Waals surface area contributed by atoms with E-state index in [1.165, 1.54) is 12.8 Å². The van der Waals surface area contributed by atoms with E-state index in [4.69, 9.17) is 4.74 Å². The number of hydrogen-bond donors (Lipinski definition) is 2. The van der Waals surface area contributed by atoms with E-state index in [-0.39, 0.29) is 18.6 Å².